The second-order valence-corrected chi connectivity index (χ2v) is 7.85. The second-order valence-electron chi connectivity index (χ2n) is 6.35. The summed E-state index contributed by atoms with van der Waals surface area (Å²) in [4.78, 5) is 4.02. The minimum atomic E-state index is -3.74. The predicted octanol–water partition coefficient (Wildman–Crippen LogP) is 1.72. The van der Waals surface area contributed by atoms with Gasteiger partial charge in [-0.2, -0.15) is 0 Å². The summed E-state index contributed by atoms with van der Waals surface area (Å²) in [5, 5.41) is 5.06. The van der Waals surface area contributed by atoms with Crippen molar-refractivity contribution >= 4 is 10.0 Å². The van der Waals surface area contributed by atoms with Crippen LogP contribution in [0.25, 0.3) is 0 Å². The Balaban J connectivity index is 1.69. The number of rotatable bonds is 3. The molecule has 2 aliphatic rings. The maximum absolute atomic E-state index is 11.3. The van der Waals surface area contributed by atoms with Crippen molar-refractivity contribution in [2.24, 2.45) is 5.14 Å². The van der Waals surface area contributed by atoms with Gasteiger partial charge in [0, 0.05) is 6.20 Å². The highest BCUT2D eigenvalue weighted by Crippen LogP contribution is 2.42. The number of primary sulfonamides is 1. The van der Waals surface area contributed by atoms with Crippen LogP contribution >= 0.6 is 0 Å². The van der Waals surface area contributed by atoms with E-state index in [1.807, 2.05) is 4.57 Å². The van der Waals surface area contributed by atoms with Crippen LogP contribution in [0.2, 0.25) is 0 Å². The molecule has 2 heterocycles. The third kappa shape index (κ3) is 3.14. The fourth-order valence-electron chi connectivity index (χ4n) is 3.61. The lowest BCUT2D eigenvalue weighted by Gasteiger charge is -2.33. The fraction of sp³-hybridized carbons (Fsp3) is 0.786. The molecule has 1 aromatic heterocycles. The molecule has 6 nitrogen and oxygen atoms in total. The van der Waals surface area contributed by atoms with Gasteiger partial charge in [0.2, 0.25) is 0 Å². The number of hydrogen-bond donors (Lipinski definition) is 1. The van der Waals surface area contributed by atoms with Crippen molar-refractivity contribution in [3.05, 3.63) is 12.0 Å². The maximum atomic E-state index is 11.3. The van der Waals surface area contributed by atoms with Gasteiger partial charge >= 0.3 is 0 Å². The van der Waals surface area contributed by atoms with Crippen LogP contribution < -0.4 is 5.14 Å². The van der Waals surface area contributed by atoms with Gasteiger partial charge in [0.25, 0.3) is 10.0 Å². The van der Waals surface area contributed by atoms with Crippen LogP contribution in [-0.2, 0) is 21.3 Å². The highest BCUT2D eigenvalue weighted by atomic mass is 32.2. The molecule has 3 rings (SSSR count). The molecule has 118 valence electrons. The molecule has 0 aromatic carbocycles. The highest BCUT2D eigenvalue weighted by Gasteiger charge is 2.40. The van der Waals surface area contributed by atoms with Crippen LogP contribution in [0, 0.1) is 6.92 Å². The molecule has 1 atom stereocenters. The topological polar surface area (TPSA) is 87.2 Å². The van der Waals surface area contributed by atoms with E-state index in [0.29, 0.717) is 12.4 Å². The monoisotopic (exact) mass is 313 g/mol. The summed E-state index contributed by atoms with van der Waals surface area (Å²) in [7, 11) is -3.74. The van der Waals surface area contributed by atoms with Gasteiger partial charge in [-0.3, -0.25) is 0 Å². The first-order valence-electron chi connectivity index (χ1n) is 7.62. The summed E-state index contributed by atoms with van der Waals surface area (Å²) < 4.78 is 30.9. The Morgan fingerprint density at radius 1 is 1.38 bits per heavy atom. The summed E-state index contributed by atoms with van der Waals surface area (Å²) in [6.45, 7) is 2.44. The first kappa shape index (κ1) is 15.0. The maximum Gasteiger partial charge on any atom is 0.257 e. The average molecular weight is 313 g/mol. The number of aryl methyl sites for hydroxylation is 1. The predicted molar refractivity (Wildman–Crippen MR) is 78.3 cm³/mol. The van der Waals surface area contributed by atoms with Crippen LogP contribution in [0.5, 0.6) is 0 Å². The number of aromatic nitrogens is 2. The number of imidazole rings is 1. The Morgan fingerprint density at radius 3 is 2.71 bits per heavy atom. The summed E-state index contributed by atoms with van der Waals surface area (Å²) in [5.74, 6) is 0.659. The van der Waals surface area contributed by atoms with E-state index in [2.05, 4.69) is 4.98 Å². The van der Waals surface area contributed by atoms with Crippen LogP contribution in [0.3, 0.4) is 0 Å². The highest BCUT2D eigenvalue weighted by molar-refractivity contribution is 7.89. The molecule has 0 radical (unpaired) electrons. The second kappa shape index (κ2) is 5.37. The zero-order valence-corrected chi connectivity index (χ0v) is 13.2. The molecule has 1 saturated heterocycles. The van der Waals surface area contributed by atoms with Crippen LogP contribution in [-0.4, -0.2) is 29.7 Å². The summed E-state index contributed by atoms with van der Waals surface area (Å²) in [6, 6.07) is 0. The first-order chi connectivity index (χ1) is 9.88. The standard InChI is InChI=1S/C14H23N3O3S/c1-11-16-13(21(15,18)19)10-17(11)9-12-5-8-14(20-12)6-3-2-4-7-14/h10,12H,2-9H2,1H3,(H2,15,18,19). The molecule has 1 saturated carbocycles. The van der Waals surface area contributed by atoms with Crippen LogP contribution in [0.15, 0.2) is 11.2 Å². The number of nitrogens with zero attached hydrogens (tertiary/aromatic N) is 2. The van der Waals surface area contributed by atoms with Gasteiger partial charge < -0.3 is 9.30 Å². The van der Waals surface area contributed by atoms with Crippen molar-refractivity contribution < 1.29 is 13.2 Å². The van der Waals surface area contributed by atoms with Gasteiger partial charge in [0.05, 0.1) is 18.2 Å². The normalized spacial score (nSPS) is 25.5. The van der Waals surface area contributed by atoms with E-state index in [1.54, 1.807) is 6.92 Å². The molecule has 1 aromatic rings. The molecule has 0 bridgehead atoms. The van der Waals surface area contributed by atoms with Gasteiger partial charge in [-0.05, 0) is 32.6 Å². The lowest BCUT2D eigenvalue weighted by molar-refractivity contribution is -0.0681. The quantitative estimate of drug-likeness (QED) is 0.920. The van der Waals surface area contributed by atoms with Crippen LogP contribution in [0.4, 0.5) is 0 Å². The van der Waals surface area contributed by atoms with Crippen LogP contribution in [0.1, 0.15) is 50.8 Å². The molecule has 0 amide bonds. The molecular formula is C14H23N3O3S. The van der Waals surface area contributed by atoms with E-state index in [0.717, 1.165) is 25.7 Å². The summed E-state index contributed by atoms with van der Waals surface area (Å²) >= 11 is 0. The van der Waals surface area contributed by atoms with E-state index in [-0.39, 0.29) is 16.7 Å². The number of nitrogens with two attached hydrogens (primary N) is 1. The number of sulfonamides is 1. The average Bonchev–Trinajstić information content (AvgIpc) is 2.96. The smallest absolute Gasteiger partial charge is 0.257 e. The third-order valence-electron chi connectivity index (χ3n) is 4.75. The SMILES string of the molecule is Cc1nc(S(N)(=O)=O)cn1CC1CCC2(CCCCC2)O1. The molecule has 1 aliphatic heterocycles. The van der Waals surface area contributed by atoms with Gasteiger partial charge in [0.1, 0.15) is 5.82 Å². The van der Waals surface area contributed by atoms with Gasteiger partial charge in [-0.25, -0.2) is 18.5 Å². The zero-order chi connectivity index (χ0) is 15.1. The third-order valence-corrected chi connectivity index (χ3v) is 5.53. The van der Waals surface area contributed by atoms with Gasteiger partial charge in [0.15, 0.2) is 5.03 Å². The van der Waals surface area contributed by atoms with Crippen molar-refractivity contribution in [1.82, 2.24) is 9.55 Å². The molecule has 1 aliphatic carbocycles. The van der Waals surface area contributed by atoms with E-state index < -0.39 is 10.0 Å². The number of hydrogen-bond acceptors (Lipinski definition) is 4. The van der Waals surface area contributed by atoms with E-state index in [4.69, 9.17) is 9.88 Å². The summed E-state index contributed by atoms with van der Waals surface area (Å²) in [6.07, 6.45) is 9.95. The van der Waals surface area contributed by atoms with E-state index in [9.17, 15) is 8.42 Å². The molecule has 7 heteroatoms. The Labute approximate surface area is 125 Å². The molecule has 1 unspecified atom stereocenters. The number of ether oxygens (including phenoxy) is 1. The molecule has 1 spiro atoms. The van der Waals surface area contributed by atoms with Crippen molar-refractivity contribution in [3.8, 4) is 0 Å². The Bertz CT molecular complexity index is 617. The minimum Gasteiger partial charge on any atom is -0.370 e. The Kier molecular flexibility index (Phi) is 3.83. The van der Waals surface area contributed by atoms with Gasteiger partial charge in [-0.1, -0.05) is 19.3 Å². The van der Waals surface area contributed by atoms with Crippen molar-refractivity contribution in [2.75, 3.05) is 0 Å². The van der Waals surface area contributed by atoms with Crippen molar-refractivity contribution in [1.29, 1.82) is 0 Å². The van der Waals surface area contributed by atoms with E-state index >= 15 is 0 Å². The molecule has 2 fully saturated rings. The molecule has 2 N–H and O–H groups in total. The lowest BCUT2D eigenvalue weighted by Crippen LogP contribution is -2.32. The first-order valence-corrected chi connectivity index (χ1v) is 9.17. The fourth-order valence-corrected chi connectivity index (χ4v) is 4.14. The Hall–Kier alpha value is -0.920. The van der Waals surface area contributed by atoms with Gasteiger partial charge in [-0.15, -0.1) is 0 Å². The lowest BCUT2D eigenvalue weighted by atomic mass is 9.83. The Morgan fingerprint density at radius 2 is 2.10 bits per heavy atom. The minimum absolute atomic E-state index is 0.0645. The zero-order valence-electron chi connectivity index (χ0n) is 12.4. The molecule has 21 heavy (non-hydrogen) atoms. The summed E-state index contributed by atoms with van der Waals surface area (Å²) in [5.41, 5.74) is 0.0835. The van der Waals surface area contributed by atoms with Crippen molar-refractivity contribution in [3.63, 3.8) is 0 Å². The largest absolute Gasteiger partial charge is 0.370 e. The van der Waals surface area contributed by atoms with E-state index in [1.165, 1.54) is 25.5 Å². The molecular weight excluding hydrogens is 290 g/mol. The van der Waals surface area contributed by atoms with Crippen molar-refractivity contribution in [2.45, 2.75) is 75.1 Å².